The Morgan fingerprint density at radius 1 is 0.812 bits per heavy atom. The van der Waals surface area contributed by atoms with Crippen LogP contribution in [-0.2, 0) is 23.3 Å². The lowest BCUT2D eigenvalue weighted by Gasteiger charge is -2.25. The van der Waals surface area contributed by atoms with Crippen LogP contribution in [0.1, 0.15) is 52.7 Å². The molecule has 0 radical (unpaired) electrons. The zero-order valence-electron chi connectivity index (χ0n) is 11.1. The largest absolute Gasteiger partial charge is 0.182 e. The minimum absolute atomic E-state index is 0.135. The number of rotatable bonds is 1. The Bertz CT molecular complexity index is 362. The maximum absolute atomic E-state index is 4.81. The monoisotopic (exact) mass is 235 g/mol. The highest BCUT2D eigenvalue weighted by molar-refractivity contribution is 7.47. The maximum Gasteiger partial charge on any atom is 0.0775 e. The number of hydrogen-bond acceptors (Lipinski definition) is 2. The third kappa shape index (κ3) is 3.11. The Labute approximate surface area is 104 Å². The van der Waals surface area contributed by atoms with Crippen molar-refractivity contribution in [1.82, 2.24) is 0 Å². The molecule has 1 rings (SSSR count). The molecule has 0 fully saturated rings. The van der Waals surface area contributed by atoms with Crippen molar-refractivity contribution < 1.29 is 0 Å². The van der Waals surface area contributed by atoms with Gasteiger partial charge in [0.25, 0.3) is 0 Å². The summed E-state index contributed by atoms with van der Waals surface area (Å²) in [5, 5.41) is 0. The lowest BCUT2D eigenvalue weighted by Crippen LogP contribution is -2.16. The van der Waals surface area contributed by atoms with Crippen LogP contribution in [0.25, 0.3) is 0 Å². The zero-order valence-corrected chi connectivity index (χ0v) is 11.9. The van der Waals surface area contributed by atoms with E-state index >= 15 is 0 Å². The highest BCUT2D eigenvalue weighted by Gasteiger charge is 2.20. The molecule has 0 bridgehead atoms. The fraction of sp³-hybridized carbons (Fsp3) is 0.571. The molecule has 0 N–H and O–H groups in total. The third-order valence-corrected chi connectivity index (χ3v) is 2.97. The van der Waals surface area contributed by atoms with Crippen LogP contribution in [0.4, 0.5) is 5.69 Å². The first-order valence-corrected chi connectivity index (χ1v) is 6.00. The summed E-state index contributed by atoms with van der Waals surface area (Å²) >= 11 is 4.81. The summed E-state index contributed by atoms with van der Waals surface area (Å²) in [5.74, 6) is 0. The molecule has 0 aliphatic carbocycles. The normalized spacial score (nSPS) is 12.6. The lowest BCUT2D eigenvalue weighted by atomic mass is 9.80. The van der Waals surface area contributed by atoms with E-state index < -0.39 is 0 Å². The second kappa shape index (κ2) is 4.25. The summed E-state index contributed by atoms with van der Waals surface area (Å²) in [6.07, 6.45) is 0. The number of hydrogen-bond donors (Lipinski definition) is 0. The molecule has 0 amide bonds. The molecule has 0 atom stereocenters. The van der Waals surface area contributed by atoms with E-state index in [1.54, 1.807) is 0 Å². The molecule has 0 aliphatic rings. The van der Waals surface area contributed by atoms with Gasteiger partial charge in [0.15, 0.2) is 0 Å². The van der Waals surface area contributed by atoms with Gasteiger partial charge in [0.1, 0.15) is 0 Å². The van der Waals surface area contributed by atoms with Gasteiger partial charge in [0.2, 0.25) is 0 Å². The van der Waals surface area contributed by atoms with Crippen molar-refractivity contribution in [2.75, 3.05) is 0 Å². The number of nitrogens with zero attached hydrogens (tertiary/aromatic N) is 1. The highest BCUT2D eigenvalue weighted by Crippen LogP contribution is 2.32. The van der Waals surface area contributed by atoms with Crippen molar-refractivity contribution in [2.24, 2.45) is 4.36 Å². The first kappa shape index (κ1) is 13.3. The fourth-order valence-corrected chi connectivity index (χ4v) is 1.64. The topological polar surface area (TPSA) is 12.4 Å². The van der Waals surface area contributed by atoms with Gasteiger partial charge >= 0.3 is 0 Å². The molecular weight excluding hydrogens is 214 g/mol. The van der Waals surface area contributed by atoms with Gasteiger partial charge < -0.3 is 0 Å². The van der Waals surface area contributed by atoms with Gasteiger partial charge in [0, 0.05) is 12.4 Å². The van der Waals surface area contributed by atoms with E-state index in [2.05, 4.69) is 64.1 Å². The van der Waals surface area contributed by atoms with Crippen LogP contribution >= 0.6 is 0 Å². The van der Waals surface area contributed by atoms with Gasteiger partial charge in [-0.15, -0.1) is 0 Å². The smallest absolute Gasteiger partial charge is 0.0775 e. The Morgan fingerprint density at radius 3 is 1.44 bits per heavy atom. The van der Waals surface area contributed by atoms with Crippen LogP contribution in [0.2, 0.25) is 0 Å². The van der Waals surface area contributed by atoms with Crippen LogP contribution in [0.15, 0.2) is 22.6 Å². The van der Waals surface area contributed by atoms with Crippen LogP contribution in [-0.4, -0.2) is 0 Å². The lowest BCUT2D eigenvalue weighted by molar-refractivity contribution is 0.569. The van der Waals surface area contributed by atoms with Gasteiger partial charge in [0.05, 0.1) is 5.69 Å². The van der Waals surface area contributed by atoms with E-state index in [1.165, 1.54) is 11.1 Å². The Morgan fingerprint density at radius 2 is 1.19 bits per heavy atom. The van der Waals surface area contributed by atoms with Crippen molar-refractivity contribution in [2.45, 2.75) is 52.4 Å². The molecule has 0 aliphatic heterocycles. The van der Waals surface area contributed by atoms with Gasteiger partial charge in [-0.05, 0) is 34.1 Å². The molecule has 0 saturated carbocycles. The Kier molecular flexibility index (Phi) is 3.53. The van der Waals surface area contributed by atoms with Crippen molar-refractivity contribution >= 4 is 18.1 Å². The molecule has 2 heteroatoms. The zero-order chi connectivity index (χ0) is 12.6. The van der Waals surface area contributed by atoms with Gasteiger partial charge in [-0.3, -0.25) is 0 Å². The molecule has 0 aromatic heterocycles. The second-order valence-electron chi connectivity index (χ2n) is 6.36. The quantitative estimate of drug-likeness (QED) is 0.690. The number of benzene rings is 1. The van der Waals surface area contributed by atoms with Crippen LogP contribution < -0.4 is 0 Å². The van der Waals surface area contributed by atoms with E-state index in [9.17, 15) is 0 Å². The Hall–Kier alpha value is -0.760. The standard InChI is InChI=1S/C14H21NS/c1-13(2,3)10-7-11(14(4,5)6)9-12(8-10)15-16/h7-9H,1-6H3. The molecule has 16 heavy (non-hydrogen) atoms. The first-order valence-electron chi connectivity index (χ1n) is 5.64. The van der Waals surface area contributed by atoms with Crippen LogP contribution in [0.3, 0.4) is 0 Å². The summed E-state index contributed by atoms with van der Waals surface area (Å²) in [5.41, 5.74) is 3.76. The maximum atomic E-state index is 4.81. The molecular formula is C14H21NS. The molecule has 1 nitrogen and oxygen atoms in total. The molecule has 0 spiro atoms. The van der Waals surface area contributed by atoms with E-state index in [1.807, 2.05) is 0 Å². The second-order valence-corrected chi connectivity index (χ2v) is 6.54. The summed E-state index contributed by atoms with van der Waals surface area (Å²) in [6, 6.07) is 6.44. The van der Waals surface area contributed by atoms with E-state index in [0.717, 1.165) is 5.69 Å². The molecule has 0 saturated heterocycles. The summed E-state index contributed by atoms with van der Waals surface area (Å²) < 4.78 is 3.90. The summed E-state index contributed by atoms with van der Waals surface area (Å²) in [4.78, 5) is 0. The molecule has 1 aromatic rings. The van der Waals surface area contributed by atoms with E-state index in [-0.39, 0.29) is 10.8 Å². The average Bonchev–Trinajstić information content (AvgIpc) is 2.14. The third-order valence-electron chi connectivity index (χ3n) is 2.76. The minimum Gasteiger partial charge on any atom is -0.182 e. The Balaban J connectivity index is 3.39. The predicted octanol–water partition coefficient (Wildman–Crippen LogP) is 4.64. The van der Waals surface area contributed by atoms with Crippen molar-refractivity contribution in [3.05, 3.63) is 29.3 Å². The highest BCUT2D eigenvalue weighted by atomic mass is 32.1. The van der Waals surface area contributed by atoms with Crippen LogP contribution in [0, 0.1) is 0 Å². The minimum atomic E-state index is 0.135. The van der Waals surface area contributed by atoms with Gasteiger partial charge in [-0.2, -0.15) is 4.36 Å². The SMILES string of the molecule is CC(C)(C)c1cc(N=S)cc(C(C)(C)C)c1. The predicted molar refractivity (Wildman–Crippen MR) is 73.3 cm³/mol. The molecule has 0 heterocycles. The van der Waals surface area contributed by atoms with Crippen LogP contribution in [0.5, 0.6) is 0 Å². The summed E-state index contributed by atoms with van der Waals surface area (Å²) in [7, 11) is 0. The summed E-state index contributed by atoms with van der Waals surface area (Å²) in [6.45, 7) is 13.3. The van der Waals surface area contributed by atoms with Crippen molar-refractivity contribution in [3.8, 4) is 0 Å². The molecule has 0 unspecified atom stereocenters. The van der Waals surface area contributed by atoms with E-state index in [0.29, 0.717) is 0 Å². The fourth-order valence-electron chi connectivity index (χ4n) is 1.53. The first-order chi connectivity index (χ1) is 7.14. The van der Waals surface area contributed by atoms with Crippen molar-refractivity contribution in [1.29, 1.82) is 0 Å². The molecule has 88 valence electrons. The molecule has 1 aromatic carbocycles. The average molecular weight is 235 g/mol. The van der Waals surface area contributed by atoms with Crippen molar-refractivity contribution in [3.63, 3.8) is 0 Å². The van der Waals surface area contributed by atoms with Gasteiger partial charge in [-0.25, -0.2) is 0 Å². The van der Waals surface area contributed by atoms with Gasteiger partial charge in [-0.1, -0.05) is 47.6 Å². The van der Waals surface area contributed by atoms with E-state index in [4.69, 9.17) is 12.4 Å².